The van der Waals surface area contributed by atoms with Gasteiger partial charge in [-0.15, -0.1) is 0 Å². The number of nitrogens with zero attached hydrogens (tertiary/aromatic N) is 1. The van der Waals surface area contributed by atoms with E-state index in [2.05, 4.69) is 28.3 Å². The fourth-order valence-corrected chi connectivity index (χ4v) is 1.33. The molecule has 1 aromatic rings. The summed E-state index contributed by atoms with van der Waals surface area (Å²) < 4.78 is 0. The minimum Gasteiger partial charge on any atom is -0.361 e. The van der Waals surface area contributed by atoms with Crippen LogP contribution >= 0.6 is 0 Å². The molecule has 0 aliphatic heterocycles. The summed E-state index contributed by atoms with van der Waals surface area (Å²) in [7, 11) is 4.11. The summed E-state index contributed by atoms with van der Waals surface area (Å²) >= 11 is 0. The van der Waals surface area contributed by atoms with E-state index in [0.29, 0.717) is 0 Å². The number of H-pyrrole nitrogens is 1. The standard InChI is InChI=1S/C10H19N3/c1-11-7-3-4-9-13(2)10-6-5-8-12-10/h5-6,8,11-12H,3-4,7,9H2,1-2H3. The van der Waals surface area contributed by atoms with E-state index >= 15 is 0 Å². The molecule has 0 spiro atoms. The largest absolute Gasteiger partial charge is 0.361 e. The topological polar surface area (TPSA) is 31.1 Å². The molecule has 2 N–H and O–H groups in total. The number of rotatable bonds is 6. The van der Waals surface area contributed by atoms with Gasteiger partial charge < -0.3 is 15.2 Å². The molecular weight excluding hydrogens is 162 g/mol. The van der Waals surface area contributed by atoms with Crippen LogP contribution < -0.4 is 10.2 Å². The molecule has 0 aliphatic carbocycles. The SMILES string of the molecule is CNCCCCN(C)c1ccc[nH]1. The van der Waals surface area contributed by atoms with Gasteiger partial charge in [0.25, 0.3) is 0 Å². The second kappa shape index (κ2) is 5.65. The van der Waals surface area contributed by atoms with Crippen LogP contribution in [-0.2, 0) is 0 Å². The van der Waals surface area contributed by atoms with Crippen molar-refractivity contribution >= 4 is 5.82 Å². The zero-order valence-corrected chi connectivity index (χ0v) is 8.51. The molecule has 0 atom stereocenters. The van der Waals surface area contributed by atoms with Crippen molar-refractivity contribution in [3.63, 3.8) is 0 Å². The Labute approximate surface area is 80.1 Å². The molecule has 1 aromatic heterocycles. The lowest BCUT2D eigenvalue weighted by Gasteiger charge is -2.16. The zero-order valence-electron chi connectivity index (χ0n) is 8.51. The van der Waals surface area contributed by atoms with Crippen molar-refractivity contribution in [3.8, 4) is 0 Å². The molecular formula is C10H19N3. The fourth-order valence-electron chi connectivity index (χ4n) is 1.33. The maximum atomic E-state index is 3.19. The Morgan fingerprint density at radius 1 is 1.46 bits per heavy atom. The Hall–Kier alpha value is -0.960. The van der Waals surface area contributed by atoms with Crippen molar-refractivity contribution in [1.82, 2.24) is 10.3 Å². The van der Waals surface area contributed by atoms with Crippen molar-refractivity contribution < 1.29 is 0 Å². The van der Waals surface area contributed by atoms with Crippen molar-refractivity contribution in [2.45, 2.75) is 12.8 Å². The van der Waals surface area contributed by atoms with Crippen LogP contribution in [0, 0.1) is 0 Å². The smallest absolute Gasteiger partial charge is 0.105 e. The van der Waals surface area contributed by atoms with Crippen LogP contribution in [0.3, 0.4) is 0 Å². The third-order valence-electron chi connectivity index (χ3n) is 2.16. The highest BCUT2D eigenvalue weighted by molar-refractivity contribution is 5.36. The molecule has 0 amide bonds. The van der Waals surface area contributed by atoms with E-state index in [-0.39, 0.29) is 0 Å². The van der Waals surface area contributed by atoms with Gasteiger partial charge in [-0.25, -0.2) is 0 Å². The van der Waals surface area contributed by atoms with E-state index < -0.39 is 0 Å². The molecule has 0 aliphatic rings. The van der Waals surface area contributed by atoms with Crippen LogP contribution in [-0.4, -0.2) is 32.2 Å². The molecule has 0 radical (unpaired) electrons. The summed E-state index contributed by atoms with van der Waals surface area (Å²) in [6, 6.07) is 4.12. The van der Waals surface area contributed by atoms with Crippen LogP contribution in [0.25, 0.3) is 0 Å². The van der Waals surface area contributed by atoms with Gasteiger partial charge in [0, 0.05) is 19.8 Å². The van der Waals surface area contributed by atoms with Gasteiger partial charge in [0.15, 0.2) is 0 Å². The minimum atomic E-state index is 1.11. The summed E-state index contributed by atoms with van der Waals surface area (Å²) in [5.74, 6) is 1.20. The Morgan fingerprint density at radius 2 is 2.31 bits per heavy atom. The fraction of sp³-hybridized carbons (Fsp3) is 0.600. The van der Waals surface area contributed by atoms with Gasteiger partial charge in [0.1, 0.15) is 5.82 Å². The monoisotopic (exact) mass is 181 g/mol. The lowest BCUT2D eigenvalue weighted by atomic mass is 10.3. The molecule has 0 unspecified atom stereocenters. The number of aromatic nitrogens is 1. The maximum Gasteiger partial charge on any atom is 0.105 e. The van der Waals surface area contributed by atoms with Crippen LogP contribution in [0.1, 0.15) is 12.8 Å². The molecule has 3 heteroatoms. The van der Waals surface area contributed by atoms with E-state index in [1.807, 2.05) is 19.3 Å². The first kappa shape index (κ1) is 10.1. The first-order valence-corrected chi connectivity index (χ1v) is 4.83. The summed E-state index contributed by atoms with van der Waals surface area (Å²) in [5, 5.41) is 3.15. The van der Waals surface area contributed by atoms with Gasteiger partial charge in [-0.1, -0.05) is 0 Å². The Morgan fingerprint density at radius 3 is 2.92 bits per heavy atom. The molecule has 13 heavy (non-hydrogen) atoms. The molecule has 74 valence electrons. The molecule has 0 aromatic carbocycles. The van der Waals surface area contributed by atoms with E-state index in [1.54, 1.807) is 0 Å². The first-order chi connectivity index (χ1) is 6.34. The average molecular weight is 181 g/mol. The van der Waals surface area contributed by atoms with E-state index in [4.69, 9.17) is 0 Å². The maximum absolute atomic E-state index is 3.19. The predicted octanol–water partition coefficient (Wildman–Crippen LogP) is 1.45. The van der Waals surface area contributed by atoms with Gasteiger partial charge in [-0.05, 0) is 38.6 Å². The average Bonchev–Trinajstić information content (AvgIpc) is 2.65. The summed E-state index contributed by atoms with van der Waals surface area (Å²) in [4.78, 5) is 5.43. The van der Waals surface area contributed by atoms with Crippen LogP contribution in [0.5, 0.6) is 0 Å². The third-order valence-corrected chi connectivity index (χ3v) is 2.16. The minimum absolute atomic E-state index is 1.11. The van der Waals surface area contributed by atoms with E-state index in [9.17, 15) is 0 Å². The number of nitrogens with one attached hydrogen (secondary N) is 2. The Bertz CT molecular complexity index is 206. The van der Waals surface area contributed by atoms with Gasteiger partial charge in [0.2, 0.25) is 0 Å². The third kappa shape index (κ3) is 3.51. The lowest BCUT2D eigenvalue weighted by molar-refractivity contribution is 0.669. The number of unbranched alkanes of at least 4 members (excludes halogenated alkanes) is 1. The van der Waals surface area contributed by atoms with Crippen LogP contribution in [0.4, 0.5) is 5.82 Å². The molecule has 3 nitrogen and oxygen atoms in total. The predicted molar refractivity (Wildman–Crippen MR) is 57.2 cm³/mol. The molecule has 0 saturated carbocycles. The molecule has 0 saturated heterocycles. The molecule has 0 fully saturated rings. The second-order valence-corrected chi connectivity index (χ2v) is 3.29. The van der Waals surface area contributed by atoms with Crippen LogP contribution in [0.2, 0.25) is 0 Å². The van der Waals surface area contributed by atoms with Gasteiger partial charge in [0.05, 0.1) is 0 Å². The molecule has 1 rings (SSSR count). The normalized spacial score (nSPS) is 10.3. The molecule has 1 heterocycles. The van der Waals surface area contributed by atoms with Gasteiger partial charge in [-0.3, -0.25) is 0 Å². The van der Waals surface area contributed by atoms with Crippen LogP contribution in [0.15, 0.2) is 18.3 Å². The first-order valence-electron chi connectivity index (χ1n) is 4.83. The molecule has 0 bridgehead atoms. The van der Waals surface area contributed by atoms with E-state index in [1.165, 1.54) is 18.7 Å². The van der Waals surface area contributed by atoms with Gasteiger partial charge >= 0.3 is 0 Å². The number of hydrogen-bond acceptors (Lipinski definition) is 2. The quantitative estimate of drug-likeness (QED) is 0.651. The number of hydrogen-bond donors (Lipinski definition) is 2. The highest BCUT2D eigenvalue weighted by Crippen LogP contribution is 2.07. The zero-order chi connectivity index (χ0) is 9.52. The Kier molecular flexibility index (Phi) is 4.40. The highest BCUT2D eigenvalue weighted by Gasteiger charge is 1.99. The van der Waals surface area contributed by atoms with Crippen molar-refractivity contribution in [1.29, 1.82) is 0 Å². The summed E-state index contributed by atoms with van der Waals surface area (Å²) in [6.45, 7) is 2.22. The van der Waals surface area contributed by atoms with Crippen molar-refractivity contribution in [2.75, 3.05) is 32.1 Å². The highest BCUT2D eigenvalue weighted by atomic mass is 15.2. The van der Waals surface area contributed by atoms with E-state index in [0.717, 1.165) is 13.1 Å². The summed E-state index contributed by atoms with van der Waals surface area (Å²) in [6.07, 6.45) is 4.43. The Balaban J connectivity index is 2.15. The second-order valence-electron chi connectivity index (χ2n) is 3.29. The summed E-state index contributed by atoms with van der Waals surface area (Å²) in [5.41, 5.74) is 0. The number of anilines is 1. The number of aromatic amines is 1. The van der Waals surface area contributed by atoms with Crippen molar-refractivity contribution in [2.24, 2.45) is 0 Å². The van der Waals surface area contributed by atoms with Gasteiger partial charge in [-0.2, -0.15) is 0 Å². The lowest BCUT2D eigenvalue weighted by Crippen LogP contribution is -2.20. The van der Waals surface area contributed by atoms with Crippen molar-refractivity contribution in [3.05, 3.63) is 18.3 Å².